The van der Waals surface area contributed by atoms with E-state index in [4.69, 9.17) is 14.9 Å². The molecule has 2 heterocycles. The van der Waals surface area contributed by atoms with Gasteiger partial charge in [0.05, 0.1) is 12.7 Å². The molecule has 1 aliphatic rings. The summed E-state index contributed by atoms with van der Waals surface area (Å²) >= 11 is 1.39. The Balaban J connectivity index is 1.71. The zero-order chi connectivity index (χ0) is 24.5. The summed E-state index contributed by atoms with van der Waals surface area (Å²) in [6, 6.07) is 12.4. The molecule has 0 spiro atoms. The van der Waals surface area contributed by atoms with E-state index in [1.165, 1.54) is 42.7 Å². The van der Waals surface area contributed by atoms with E-state index in [0.717, 1.165) is 36.1 Å². The molecule has 0 bridgehead atoms. The number of methoxy groups -OCH3 is 1. The third-order valence-electron chi connectivity index (χ3n) is 5.91. The minimum atomic E-state index is -0.557. The van der Waals surface area contributed by atoms with Crippen LogP contribution in [0.4, 0.5) is 15.1 Å². The van der Waals surface area contributed by atoms with Crippen LogP contribution >= 0.6 is 11.3 Å². The number of nitrogens with zero attached hydrogens (tertiary/aromatic N) is 1. The summed E-state index contributed by atoms with van der Waals surface area (Å²) in [5.74, 6) is -0.984. The molecule has 2 aromatic heterocycles. The van der Waals surface area contributed by atoms with Crippen LogP contribution in [0.3, 0.4) is 0 Å². The Morgan fingerprint density at radius 2 is 1.91 bits per heavy atom. The van der Waals surface area contributed by atoms with Gasteiger partial charge in [-0.25, -0.2) is 9.38 Å². The normalized spacial score (nSPS) is 13.5. The molecule has 178 valence electrons. The van der Waals surface area contributed by atoms with E-state index in [9.17, 15) is 14.0 Å². The van der Waals surface area contributed by atoms with Crippen molar-refractivity contribution in [1.29, 1.82) is 0 Å². The lowest BCUT2D eigenvalue weighted by atomic mass is 9.95. The molecule has 0 aliphatic heterocycles. The Morgan fingerprint density at radius 3 is 2.66 bits per heavy atom. The van der Waals surface area contributed by atoms with E-state index in [1.807, 2.05) is 0 Å². The molecule has 5 rings (SSSR count). The number of primary amides is 1. The number of carbonyl (C=O) groups excluding carboxylic acids is 2. The number of amides is 2. The van der Waals surface area contributed by atoms with E-state index < -0.39 is 17.6 Å². The van der Waals surface area contributed by atoms with Gasteiger partial charge >= 0.3 is 0 Å². The fraction of sp³-hybridized carbons (Fsp3) is 0.192. The molecule has 0 radical (unpaired) electrons. The summed E-state index contributed by atoms with van der Waals surface area (Å²) < 4.78 is 24.8. The summed E-state index contributed by atoms with van der Waals surface area (Å²) in [4.78, 5) is 31.4. The quantitative estimate of drug-likeness (QED) is 0.405. The molecule has 0 fully saturated rings. The number of para-hydroxylation sites is 1. The molecule has 4 aromatic rings. The second kappa shape index (κ2) is 9.34. The number of hydrogen-bond acceptors (Lipinski definition) is 6. The minimum Gasteiger partial charge on any atom is -0.493 e. The summed E-state index contributed by atoms with van der Waals surface area (Å²) in [5.41, 5.74) is 8.04. The predicted molar refractivity (Wildman–Crippen MR) is 132 cm³/mol. The van der Waals surface area contributed by atoms with Gasteiger partial charge in [0.1, 0.15) is 16.4 Å². The SMILES string of the molecule is COc1cccc2cc(C(=O)Nc3ccc(F)cc3)c(=Nc3sc4c(c3C(N)=O)CCCC4)oc12. The fourth-order valence-electron chi connectivity index (χ4n) is 4.24. The van der Waals surface area contributed by atoms with E-state index in [1.54, 1.807) is 24.3 Å². The number of hydrogen-bond donors (Lipinski definition) is 2. The number of anilines is 1. The van der Waals surface area contributed by atoms with Crippen molar-refractivity contribution < 1.29 is 23.1 Å². The first-order valence-electron chi connectivity index (χ1n) is 11.1. The number of ether oxygens (including phenoxy) is 1. The molecule has 0 saturated heterocycles. The Labute approximate surface area is 204 Å². The molecule has 35 heavy (non-hydrogen) atoms. The maximum absolute atomic E-state index is 13.3. The lowest BCUT2D eigenvalue weighted by Crippen LogP contribution is -2.22. The Hall–Kier alpha value is -3.98. The van der Waals surface area contributed by atoms with Gasteiger partial charge in [-0.05, 0) is 67.6 Å². The lowest BCUT2D eigenvalue weighted by molar-refractivity contribution is 0.0997. The number of thiophene rings is 1. The van der Waals surface area contributed by atoms with Crippen LogP contribution in [0.2, 0.25) is 0 Å². The van der Waals surface area contributed by atoms with E-state index in [2.05, 4.69) is 10.3 Å². The van der Waals surface area contributed by atoms with Crippen LogP contribution in [0, 0.1) is 5.82 Å². The van der Waals surface area contributed by atoms with Crippen LogP contribution < -0.4 is 21.3 Å². The number of fused-ring (bicyclic) bond motifs is 2. The van der Waals surface area contributed by atoms with Crippen molar-refractivity contribution in [2.24, 2.45) is 10.7 Å². The van der Waals surface area contributed by atoms with Crippen LogP contribution in [-0.4, -0.2) is 18.9 Å². The first-order chi connectivity index (χ1) is 16.9. The molecule has 0 saturated carbocycles. The van der Waals surface area contributed by atoms with Gasteiger partial charge in [0, 0.05) is 16.0 Å². The molecule has 0 atom stereocenters. The van der Waals surface area contributed by atoms with Crippen molar-refractivity contribution in [2.75, 3.05) is 12.4 Å². The van der Waals surface area contributed by atoms with Crippen LogP contribution in [0.1, 0.15) is 44.0 Å². The number of rotatable bonds is 5. The van der Waals surface area contributed by atoms with Crippen LogP contribution in [0.5, 0.6) is 5.75 Å². The van der Waals surface area contributed by atoms with E-state index in [-0.39, 0.29) is 11.1 Å². The van der Waals surface area contributed by atoms with Crippen molar-refractivity contribution in [3.05, 3.63) is 81.5 Å². The third-order valence-corrected chi connectivity index (χ3v) is 7.09. The van der Waals surface area contributed by atoms with Crippen LogP contribution in [-0.2, 0) is 12.8 Å². The third kappa shape index (κ3) is 4.42. The number of halogens is 1. The molecule has 3 N–H and O–H groups in total. The fourth-order valence-corrected chi connectivity index (χ4v) is 5.50. The van der Waals surface area contributed by atoms with Crippen LogP contribution in [0.15, 0.2) is 57.9 Å². The Bertz CT molecular complexity index is 1520. The molecular formula is C26H22FN3O4S. The maximum Gasteiger partial charge on any atom is 0.261 e. The van der Waals surface area contributed by atoms with Gasteiger partial charge in [-0.15, -0.1) is 11.3 Å². The van der Waals surface area contributed by atoms with Crippen LogP contribution in [0.25, 0.3) is 11.0 Å². The molecule has 7 nitrogen and oxygen atoms in total. The van der Waals surface area contributed by atoms with E-state index >= 15 is 0 Å². The zero-order valence-electron chi connectivity index (χ0n) is 18.9. The summed E-state index contributed by atoms with van der Waals surface area (Å²) in [5, 5.41) is 3.79. The molecule has 9 heteroatoms. The molecule has 2 aromatic carbocycles. The minimum absolute atomic E-state index is 0.0164. The van der Waals surface area contributed by atoms with Gasteiger partial charge in [-0.2, -0.15) is 0 Å². The van der Waals surface area contributed by atoms with Crippen molar-refractivity contribution >= 4 is 44.8 Å². The average molecular weight is 492 g/mol. The highest BCUT2D eigenvalue weighted by Crippen LogP contribution is 2.39. The smallest absolute Gasteiger partial charge is 0.261 e. The number of nitrogens with one attached hydrogen (secondary N) is 1. The van der Waals surface area contributed by atoms with E-state index in [0.29, 0.717) is 33.0 Å². The average Bonchev–Trinajstić information content (AvgIpc) is 3.22. The maximum atomic E-state index is 13.3. The van der Waals surface area contributed by atoms with Gasteiger partial charge in [-0.3, -0.25) is 9.59 Å². The molecule has 0 unspecified atom stereocenters. The number of aryl methyl sites for hydroxylation is 1. The van der Waals surface area contributed by atoms with Crippen molar-refractivity contribution in [3.8, 4) is 5.75 Å². The van der Waals surface area contributed by atoms with Gasteiger partial charge in [-0.1, -0.05) is 12.1 Å². The lowest BCUT2D eigenvalue weighted by Gasteiger charge is -2.10. The Kier molecular flexibility index (Phi) is 6.08. The molecular weight excluding hydrogens is 469 g/mol. The highest BCUT2D eigenvalue weighted by Gasteiger charge is 2.25. The summed E-state index contributed by atoms with van der Waals surface area (Å²) in [6.45, 7) is 0. The van der Waals surface area contributed by atoms with Gasteiger partial charge in [0.25, 0.3) is 11.8 Å². The number of benzene rings is 2. The highest BCUT2D eigenvalue weighted by molar-refractivity contribution is 7.16. The highest BCUT2D eigenvalue weighted by atomic mass is 32.1. The van der Waals surface area contributed by atoms with Crippen molar-refractivity contribution in [1.82, 2.24) is 0 Å². The second-order valence-corrected chi connectivity index (χ2v) is 9.26. The summed E-state index contributed by atoms with van der Waals surface area (Å²) in [7, 11) is 1.52. The van der Waals surface area contributed by atoms with Gasteiger partial charge in [0.15, 0.2) is 11.3 Å². The first kappa shape index (κ1) is 22.8. The first-order valence-corrected chi connectivity index (χ1v) is 11.9. The van der Waals surface area contributed by atoms with Crippen molar-refractivity contribution in [2.45, 2.75) is 25.7 Å². The monoisotopic (exact) mass is 491 g/mol. The Morgan fingerprint density at radius 1 is 1.14 bits per heavy atom. The van der Waals surface area contributed by atoms with Gasteiger partial charge < -0.3 is 20.2 Å². The van der Waals surface area contributed by atoms with Gasteiger partial charge in [0.2, 0.25) is 5.55 Å². The standard InChI is InChI=1S/C26H22FN3O4S/c1-33-19-7-4-5-14-13-18(24(32)29-16-11-9-15(27)10-12-16)25(34-22(14)19)30-26-21(23(28)31)17-6-2-3-8-20(17)35-26/h4-5,7,9-13H,2-3,6,8H2,1H3,(H2,28,31)(H,29,32). The molecule has 2 amide bonds. The molecule has 1 aliphatic carbocycles. The zero-order valence-corrected chi connectivity index (χ0v) is 19.7. The topological polar surface area (TPSA) is 107 Å². The summed E-state index contributed by atoms with van der Waals surface area (Å²) in [6.07, 6.45) is 3.64. The number of nitrogens with two attached hydrogens (primary N) is 1. The largest absolute Gasteiger partial charge is 0.493 e. The second-order valence-electron chi connectivity index (χ2n) is 8.17. The van der Waals surface area contributed by atoms with Crippen molar-refractivity contribution in [3.63, 3.8) is 0 Å². The predicted octanol–water partition coefficient (Wildman–Crippen LogP) is 5.10. The number of carbonyl (C=O) groups is 2.